The van der Waals surface area contributed by atoms with E-state index in [2.05, 4.69) is 37.9 Å². The zero-order chi connectivity index (χ0) is 15.6. The molecule has 1 aliphatic heterocycles. The van der Waals surface area contributed by atoms with Crippen LogP contribution < -0.4 is 5.32 Å². The largest absolute Gasteiger partial charge is 0.468 e. The quantitative estimate of drug-likeness (QED) is 0.792. The van der Waals surface area contributed by atoms with Crippen molar-refractivity contribution in [3.8, 4) is 0 Å². The van der Waals surface area contributed by atoms with Gasteiger partial charge in [0.2, 0.25) is 0 Å². The van der Waals surface area contributed by atoms with E-state index in [1.165, 1.54) is 26.5 Å². The topological polar surface area (TPSA) is 41.6 Å². The second kappa shape index (κ2) is 6.66. The molecule has 2 aliphatic rings. The van der Waals surface area contributed by atoms with E-state index < -0.39 is 5.54 Å². The molecule has 0 aromatic carbocycles. The highest BCUT2D eigenvalue weighted by atomic mass is 16.5. The Hall–Kier alpha value is -0.610. The third-order valence-electron chi connectivity index (χ3n) is 5.21. The third kappa shape index (κ3) is 3.42. The first-order chi connectivity index (χ1) is 9.89. The molecular formula is C17H32N2O2. The lowest BCUT2D eigenvalue weighted by molar-refractivity contribution is -0.149. The zero-order valence-corrected chi connectivity index (χ0v) is 14.3. The molecule has 1 saturated heterocycles. The molecule has 0 radical (unpaired) electrons. The predicted octanol–water partition coefficient (Wildman–Crippen LogP) is 2.57. The number of hydrogen-bond donors (Lipinski definition) is 1. The molecule has 122 valence electrons. The van der Waals surface area contributed by atoms with Crippen LogP contribution in [0.5, 0.6) is 0 Å². The van der Waals surface area contributed by atoms with Gasteiger partial charge in [-0.1, -0.05) is 13.8 Å². The maximum Gasteiger partial charge on any atom is 0.326 e. The molecule has 1 aliphatic carbocycles. The number of likely N-dealkylation sites (tertiary alicyclic amines) is 1. The van der Waals surface area contributed by atoms with E-state index >= 15 is 0 Å². The molecule has 0 aromatic heterocycles. The van der Waals surface area contributed by atoms with E-state index in [4.69, 9.17) is 4.74 Å². The Labute approximate surface area is 129 Å². The molecule has 0 bridgehead atoms. The minimum absolute atomic E-state index is 0.0843. The summed E-state index contributed by atoms with van der Waals surface area (Å²) in [4.78, 5) is 15.0. The molecule has 1 N–H and O–H groups in total. The van der Waals surface area contributed by atoms with Crippen molar-refractivity contribution < 1.29 is 9.53 Å². The summed E-state index contributed by atoms with van der Waals surface area (Å²) in [6, 6.07) is 1.50. The molecule has 3 unspecified atom stereocenters. The summed E-state index contributed by atoms with van der Waals surface area (Å²) in [5.41, 5.74) is -0.475. The minimum atomic E-state index is -0.475. The van der Waals surface area contributed by atoms with Gasteiger partial charge in [-0.15, -0.1) is 0 Å². The first-order valence-electron chi connectivity index (χ1n) is 8.51. The molecule has 0 aromatic rings. The fourth-order valence-electron chi connectivity index (χ4n) is 4.41. The fraction of sp³-hybridized carbons (Fsp3) is 0.941. The number of ether oxygens (including phenoxy) is 1. The van der Waals surface area contributed by atoms with E-state index in [-0.39, 0.29) is 5.97 Å². The van der Waals surface area contributed by atoms with Crippen LogP contribution in [0, 0.1) is 5.92 Å². The molecule has 0 amide bonds. The molecule has 4 nitrogen and oxygen atoms in total. The Morgan fingerprint density at radius 1 is 1.29 bits per heavy atom. The van der Waals surface area contributed by atoms with Gasteiger partial charge < -0.3 is 4.74 Å². The lowest BCUT2D eigenvalue weighted by Gasteiger charge is -2.35. The zero-order valence-electron chi connectivity index (χ0n) is 14.3. The molecule has 2 rings (SSSR count). The van der Waals surface area contributed by atoms with Gasteiger partial charge in [0.1, 0.15) is 5.54 Å². The van der Waals surface area contributed by atoms with Crippen molar-refractivity contribution in [3.63, 3.8) is 0 Å². The lowest BCUT2D eigenvalue weighted by atomic mass is 9.95. The molecule has 2 fully saturated rings. The first kappa shape index (κ1) is 16.8. The van der Waals surface area contributed by atoms with Crippen LogP contribution in [0.1, 0.15) is 59.8 Å². The third-order valence-corrected chi connectivity index (χ3v) is 5.21. The van der Waals surface area contributed by atoms with E-state index in [9.17, 15) is 4.79 Å². The molecular weight excluding hydrogens is 264 g/mol. The van der Waals surface area contributed by atoms with E-state index in [1.54, 1.807) is 0 Å². The Bertz CT molecular complexity index is 370. The average molecular weight is 296 g/mol. The van der Waals surface area contributed by atoms with Gasteiger partial charge in [0.25, 0.3) is 0 Å². The van der Waals surface area contributed by atoms with Crippen molar-refractivity contribution in [1.29, 1.82) is 0 Å². The number of hydrogen-bond acceptors (Lipinski definition) is 4. The van der Waals surface area contributed by atoms with Crippen LogP contribution in [0.3, 0.4) is 0 Å². The normalized spacial score (nSPS) is 34.0. The van der Waals surface area contributed by atoms with Crippen molar-refractivity contribution in [2.45, 2.75) is 83.5 Å². The number of esters is 1. The molecule has 21 heavy (non-hydrogen) atoms. The molecule has 0 spiro atoms. The van der Waals surface area contributed by atoms with E-state index in [0.29, 0.717) is 24.0 Å². The van der Waals surface area contributed by atoms with Crippen LogP contribution in [0.4, 0.5) is 0 Å². The van der Waals surface area contributed by atoms with Crippen LogP contribution in [-0.4, -0.2) is 48.2 Å². The van der Waals surface area contributed by atoms with Gasteiger partial charge >= 0.3 is 5.97 Å². The van der Waals surface area contributed by atoms with E-state index in [0.717, 1.165) is 19.3 Å². The Kier molecular flexibility index (Phi) is 5.31. The summed E-state index contributed by atoms with van der Waals surface area (Å²) >= 11 is 0. The van der Waals surface area contributed by atoms with E-state index in [1.807, 2.05) is 0 Å². The van der Waals surface area contributed by atoms with Gasteiger partial charge in [-0.3, -0.25) is 15.0 Å². The second-order valence-corrected chi connectivity index (χ2v) is 7.46. The molecule has 1 heterocycles. The Morgan fingerprint density at radius 3 is 2.57 bits per heavy atom. The number of nitrogens with zero attached hydrogens (tertiary/aromatic N) is 1. The SMILES string of the molecule is COC(=O)C1(NC(C)C)CCC(N2CCCC2C(C)C)C1. The first-order valence-corrected chi connectivity index (χ1v) is 8.51. The summed E-state index contributed by atoms with van der Waals surface area (Å²) in [5, 5.41) is 3.50. The van der Waals surface area contributed by atoms with Gasteiger partial charge in [-0.25, -0.2) is 0 Å². The highest BCUT2D eigenvalue weighted by Crippen LogP contribution is 2.38. The maximum absolute atomic E-state index is 12.3. The Morgan fingerprint density at radius 2 is 2.00 bits per heavy atom. The van der Waals surface area contributed by atoms with Crippen LogP contribution >= 0.6 is 0 Å². The van der Waals surface area contributed by atoms with Crippen molar-refractivity contribution in [1.82, 2.24) is 10.2 Å². The lowest BCUT2D eigenvalue weighted by Crippen LogP contribution is -2.54. The predicted molar refractivity (Wildman–Crippen MR) is 85.2 cm³/mol. The van der Waals surface area contributed by atoms with Crippen LogP contribution in [0.25, 0.3) is 0 Å². The number of rotatable bonds is 5. The highest BCUT2D eigenvalue weighted by Gasteiger charge is 2.49. The van der Waals surface area contributed by atoms with Gasteiger partial charge in [-0.05, 0) is 58.4 Å². The fourth-order valence-corrected chi connectivity index (χ4v) is 4.41. The number of methoxy groups -OCH3 is 1. The van der Waals surface area contributed by atoms with Gasteiger partial charge in [0.05, 0.1) is 7.11 Å². The highest BCUT2D eigenvalue weighted by molar-refractivity contribution is 5.81. The van der Waals surface area contributed by atoms with Gasteiger partial charge in [-0.2, -0.15) is 0 Å². The number of carbonyl (C=O) groups excluding carboxylic acids is 1. The number of carbonyl (C=O) groups is 1. The second-order valence-electron chi connectivity index (χ2n) is 7.46. The molecule has 3 atom stereocenters. The van der Waals surface area contributed by atoms with Gasteiger partial charge in [0, 0.05) is 18.1 Å². The summed E-state index contributed by atoms with van der Waals surface area (Å²) in [6.07, 6.45) is 5.47. The van der Waals surface area contributed by atoms with Crippen molar-refractivity contribution in [2.24, 2.45) is 5.92 Å². The average Bonchev–Trinajstić information content (AvgIpc) is 3.03. The van der Waals surface area contributed by atoms with Crippen molar-refractivity contribution in [2.75, 3.05) is 13.7 Å². The van der Waals surface area contributed by atoms with Crippen molar-refractivity contribution in [3.05, 3.63) is 0 Å². The number of nitrogens with one attached hydrogen (secondary N) is 1. The van der Waals surface area contributed by atoms with Crippen LogP contribution in [0.2, 0.25) is 0 Å². The summed E-state index contributed by atoms with van der Waals surface area (Å²) < 4.78 is 5.10. The minimum Gasteiger partial charge on any atom is -0.468 e. The Balaban J connectivity index is 2.10. The summed E-state index contributed by atoms with van der Waals surface area (Å²) in [7, 11) is 1.51. The maximum atomic E-state index is 12.3. The monoisotopic (exact) mass is 296 g/mol. The molecule has 4 heteroatoms. The van der Waals surface area contributed by atoms with Crippen molar-refractivity contribution >= 4 is 5.97 Å². The summed E-state index contributed by atoms with van der Waals surface area (Å²) in [5.74, 6) is 0.609. The smallest absolute Gasteiger partial charge is 0.326 e. The molecule has 1 saturated carbocycles. The van der Waals surface area contributed by atoms with Crippen LogP contribution in [0.15, 0.2) is 0 Å². The van der Waals surface area contributed by atoms with Gasteiger partial charge in [0.15, 0.2) is 0 Å². The standard InChI is InChI=1S/C17H32N2O2/c1-12(2)15-7-6-10-19(15)14-8-9-17(11-14,16(20)21-5)18-13(3)4/h12-15,18H,6-11H2,1-5H3. The summed E-state index contributed by atoms with van der Waals surface area (Å²) in [6.45, 7) is 10.0. The van der Waals surface area contributed by atoms with Crippen LogP contribution in [-0.2, 0) is 9.53 Å².